The number of hydrogen-bond acceptors (Lipinski definition) is 4. The zero-order chi connectivity index (χ0) is 13.8. The molecule has 1 heterocycles. The van der Waals surface area contributed by atoms with Crippen LogP contribution in [0.5, 0.6) is 5.88 Å². The maximum absolute atomic E-state index is 12.0. The molecule has 1 aromatic carbocycles. The lowest BCUT2D eigenvalue weighted by molar-refractivity contribution is 0.102. The van der Waals surface area contributed by atoms with Gasteiger partial charge in [-0.2, -0.15) is 0 Å². The molecule has 1 aromatic heterocycles. The Hall–Kier alpha value is -2.43. The minimum absolute atomic E-state index is 0.249. The molecular formula is C14H15N3O2. The number of hydrogen-bond donors (Lipinski definition) is 1. The molecule has 0 bridgehead atoms. The molecule has 1 N–H and O–H groups in total. The third kappa shape index (κ3) is 3.07. The van der Waals surface area contributed by atoms with E-state index in [1.165, 1.54) is 12.7 Å². The van der Waals surface area contributed by atoms with E-state index in [2.05, 4.69) is 15.5 Å². The Morgan fingerprint density at radius 2 is 1.89 bits per heavy atom. The predicted octanol–water partition coefficient (Wildman–Crippen LogP) is 2.35. The minimum Gasteiger partial charge on any atom is -0.480 e. The van der Waals surface area contributed by atoms with Crippen molar-refractivity contribution >= 4 is 11.6 Å². The lowest BCUT2D eigenvalue weighted by atomic mass is 10.1. The summed E-state index contributed by atoms with van der Waals surface area (Å²) in [4.78, 5) is 12.0. The lowest BCUT2D eigenvalue weighted by Crippen LogP contribution is -2.14. The molecule has 0 saturated heterocycles. The molecule has 5 nitrogen and oxygen atoms in total. The summed E-state index contributed by atoms with van der Waals surface area (Å²) < 4.78 is 4.89. The number of methoxy groups -OCH3 is 1. The van der Waals surface area contributed by atoms with Crippen LogP contribution >= 0.6 is 0 Å². The van der Waals surface area contributed by atoms with Gasteiger partial charge in [-0.05, 0) is 43.2 Å². The smallest absolute Gasteiger partial charge is 0.276 e. The highest BCUT2D eigenvalue weighted by molar-refractivity contribution is 6.02. The molecule has 0 aliphatic heterocycles. The number of amides is 1. The van der Waals surface area contributed by atoms with E-state index in [1.54, 1.807) is 12.1 Å². The van der Waals surface area contributed by atoms with Gasteiger partial charge >= 0.3 is 0 Å². The highest BCUT2D eigenvalue weighted by Gasteiger charge is 2.09. The van der Waals surface area contributed by atoms with Gasteiger partial charge in [-0.15, -0.1) is 10.2 Å². The first-order chi connectivity index (χ1) is 9.10. The number of rotatable bonds is 3. The minimum atomic E-state index is -0.293. The molecule has 0 saturated carbocycles. The molecular weight excluding hydrogens is 242 g/mol. The number of ether oxygens (including phenoxy) is 1. The van der Waals surface area contributed by atoms with Gasteiger partial charge in [0.25, 0.3) is 5.91 Å². The second kappa shape index (κ2) is 5.48. The molecule has 0 radical (unpaired) electrons. The fraction of sp³-hybridized carbons (Fsp3) is 0.214. The molecule has 0 aliphatic carbocycles. The number of aromatic nitrogens is 2. The Morgan fingerprint density at radius 3 is 2.47 bits per heavy atom. The topological polar surface area (TPSA) is 64.1 Å². The summed E-state index contributed by atoms with van der Waals surface area (Å²) in [6.45, 7) is 4.02. The summed E-state index contributed by atoms with van der Waals surface area (Å²) >= 11 is 0. The van der Waals surface area contributed by atoms with Crippen LogP contribution in [0, 0.1) is 13.8 Å². The number of benzene rings is 1. The average Bonchev–Trinajstić information content (AvgIpc) is 2.43. The fourth-order valence-corrected chi connectivity index (χ4v) is 1.56. The van der Waals surface area contributed by atoms with Crippen LogP contribution in [-0.2, 0) is 0 Å². The summed E-state index contributed by atoms with van der Waals surface area (Å²) in [5.41, 5.74) is 3.30. The van der Waals surface area contributed by atoms with Crippen LogP contribution in [0.25, 0.3) is 0 Å². The number of carbonyl (C=O) groups excluding carboxylic acids is 1. The van der Waals surface area contributed by atoms with Crippen molar-refractivity contribution in [1.29, 1.82) is 0 Å². The largest absolute Gasteiger partial charge is 0.480 e. The SMILES string of the molecule is COc1ccc(C(=O)Nc2ccc(C)c(C)c2)nn1. The van der Waals surface area contributed by atoms with E-state index in [0.717, 1.165) is 11.3 Å². The van der Waals surface area contributed by atoms with E-state index < -0.39 is 0 Å². The quantitative estimate of drug-likeness (QED) is 0.916. The molecule has 2 rings (SSSR count). The zero-order valence-electron chi connectivity index (χ0n) is 11.1. The average molecular weight is 257 g/mol. The Labute approximate surface area is 111 Å². The first kappa shape index (κ1) is 13.0. The van der Waals surface area contributed by atoms with Gasteiger partial charge in [-0.3, -0.25) is 4.79 Å². The van der Waals surface area contributed by atoms with Crippen molar-refractivity contribution < 1.29 is 9.53 Å². The van der Waals surface area contributed by atoms with E-state index in [4.69, 9.17) is 4.74 Å². The third-order valence-electron chi connectivity index (χ3n) is 2.85. The molecule has 1 amide bonds. The van der Waals surface area contributed by atoms with Gasteiger partial charge < -0.3 is 10.1 Å². The van der Waals surface area contributed by atoms with Crippen molar-refractivity contribution in [2.24, 2.45) is 0 Å². The first-order valence-electron chi connectivity index (χ1n) is 5.86. The molecule has 0 atom stereocenters. The third-order valence-corrected chi connectivity index (χ3v) is 2.85. The summed E-state index contributed by atoms with van der Waals surface area (Å²) in [5.74, 6) is 0.0844. The van der Waals surface area contributed by atoms with E-state index in [0.29, 0.717) is 5.88 Å². The fourth-order valence-electron chi connectivity index (χ4n) is 1.56. The van der Waals surface area contributed by atoms with Gasteiger partial charge in [0.05, 0.1) is 7.11 Å². The number of carbonyl (C=O) groups is 1. The van der Waals surface area contributed by atoms with Crippen LogP contribution in [0.2, 0.25) is 0 Å². The Kier molecular flexibility index (Phi) is 3.75. The van der Waals surface area contributed by atoms with Crippen molar-refractivity contribution in [3.8, 4) is 5.88 Å². The van der Waals surface area contributed by atoms with Crippen LogP contribution < -0.4 is 10.1 Å². The van der Waals surface area contributed by atoms with Crippen molar-refractivity contribution in [1.82, 2.24) is 10.2 Å². The Morgan fingerprint density at radius 1 is 1.11 bits per heavy atom. The predicted molar refractivity (Wildman–Crippen MR) is 72.5 cm³/mol. The van der Waals surface area contributed by atoms with E-state index in [1.807, 2.05) is 32.0 Å². The second-order valence-electron chi connectivity index (χ2n) is 4.21. The van der Waals surface area contributed by atoms with Crippen molar-refractivity contribution in [3.05, 3.63) is 47.2 Å². The second-order valence-corrected chi connectivity index (χ2v) is 4.21. The molecule has 0 fully saturated rings. The van der Waals surface area contributed by atoms with Crippen LogP contribution in [0.3, 0.4) is 0 Å². The van der Waals surface area contributed by atoms with E-state index >= 15 is 0 Å². The Bertz CT molecular complexity index is 594. The van der Waals surface area contributed by atoms with Gasteiger partial charge in [0.15, 0.2) is 5.69 Å². The molecule has 2 aromatic rings. The number of nitrogens with zero attached hydrogens (tertiary/aromatic N) is 2. The van der Waals surface area contributed by atoms with Gasteiger partial charge in [0, 0.05) is 11.8 Å². The highest BCUT2D eigenvalue weighted by atomic mass is 16.5. The normalized spacial score (nSPS) is 10.1. The van der Waals surface area contributed by atoms with Gasteiger partial charge in [0.2, 0.25) is 5.88 Å². The molecule has 98 valence electrons. The van der Waals surface area contributed by atoms with Gasteiger partial charge in [0.1, 0.15) is 0 Å². The first-order valence-corrected chi connectivity index (χ1v) is 5.86. The van der Waals surface area contributed by atoms with E-state index in [9.17, 15) is 4.79 Å². The molecule has 5 heteroatoms. The molecule has 0 unspecified atom stereocenters. The van der Waals surface area contributed by atoms with Crippen LogP contribution in [0.4, 0.5) is 5.69 Å². The van der Waals surface area contributed by atoms with Crippen LogP contribution in [-0.4, -0.2) is 23.2 Å². The molecule has 0 aliphatic rings. The lowest BCUT2D eigenvalue weighted by Gasteiger charge is -2.07. The van der Waals surface area contributed by atoms with Crippen LogP contribution in [0.1, 0.15) is 21.6 Å². The molecule has 19 heavy (non-hydrogen) atoms. The molecule has 0 spiro atoms. The van der Waals surface area contributed by atoms with Gasteiger partial charge in [-0.1, -0.05) is 6.07 Å². The zero-order valence-corrected chi connectivity index (χ0v) is 11.1. The maximum Gasteiger partial charge on any atom is 0.276 e. The summed E-state index contributed by atoms with van der Waals surface area (Å²) in [6, 6.07) is 8.91. The Balaban J connectivity index is 2.13. The maximum atomic E-state index is 12.0. The summed E-state index contributed by atoms with van der Waals surface area (Å²) in [5, 5.41) is 10.3. The number of anilines is 1. The standard InChI is InChI=1S/C14H15N3O2/c1-9-4-5-11(8-10(9)2)15-14(18)12-6-7-13(19-3)17-16-12/h4-8H,1-3H3,(H,15,18). The highest BCUT2D eigenvalue weighted by Crippen LogP contribution is 2.15. The summed E-state index contributed by atoms with van der Waals surface area (Å²) in [7, 11) is 1.50. The van der Waals surface area contributed by atoms with Crippen molar-refractivity contribution in [3.63, 3.8) is 0 Å². The van der Waals surface area contributed by atoms with Crippen molar-refractivity contribution in [2.75, 3.05) is 12.4 Å². The number of aryl methyl sites for hydroxylation is 2. The van der Waals surface area contributed by atoms with E-state index in [-0.39, 0.29) is 11.6 Å². The van der Waals surface area contributed by atoms with Crippen LogP contribution in [0.15, 0.2) is 30.3 Å². The monoisotopic (exact) mass is 257 g/mol. The summed E-state index contributed by atoms with van der Waals surface area (Å²) in [6.07, 6.45) is 0. The number of nitrogens with one attached hydrogen (secondary N) is 1. The van der Waals surface area contributed by atoms with Gasteiger partial charge in [-0.25, -0.2) is 0 Å². The van der Waals surface area contributed by atoms with Crippen molar-refractivity contribution in [2.45, 2.75) is 13.8 Å².